The monoisotopic (exact) mass is 429 g/mol. The highest BCUT2D eigenvalue weighted by Crippen LogP contribution is 2.24. The van der Waals surface area contributed by atoms with Crippen molar-refractivity contribution in [2.24, 2.45) is 0 Å². The van der Waals surface area contributed by atoms with Gasteiger partial charge < -0.3 is 15.8 Å². The number of aromatic nitrogens is 2. The van der Waals surface area contributed by atoms with E-state index in [1.165, 1.54) is 6.20 Å². The molecule has 1 aromatic heterocycles. The highest BCUT2D eigenvalue weighted by atomic mass is 32.1. The molecule has 1 heterocycles. The quantitative estimate of drug-likeness (QED) is 0.318. The first kappa shape index (κ1) is 21.5. The van der Waals surface area contributed by atoms with Gasteiger partial charge in [0.05, 0.1) is 6.61 Å². The molecule has 0 fully saturated rings. The van der Waals surface area contributed by atoms with Crippen LogP contribution in [0.1, 0.15) is 29.4 Å². The summed E-state index contributed by atoms with van der Waals surface area (Å²) < 4.78 is 33.8. The maximum absolute atomic E-state index is 14.3. The molecule has 9 heteroatoms. The van der Waals surface area contributed by atoms with Crippen LogP contribution in [0.25, 0.3) is 0 Å². The minimum absolute atomic E-state index is 0.0307. The Hall–Kier alpha value is -3.20. The van der Waals surface area contributed by atoms with Crippen LogP contribution in [0.2, 0.25) is 0 Å². The molecule has 4 N–H and O–H groups in total. The number of nitrogens with zero attached hydrogens (tertiary/aromatic N) is 2. The molecule has 0 bridgehead atoms. The number of ether oxygens (including phenoxy) is 1. The summed E-state index contributed by atoms with van der Waals surface area (Å²) in [5, 5.41) is 11.5. The fourth-order valence-electron chi connectivity index (χ4n) is 2.82. The highest BCUT2D eigenvalue weighted by Gasteiger charge is 2.16. The molecule has 0 saturated heterocycles. The molecule has 3 rings (SSSR count). The lowest BCUT2D eigenvalue weighted by molar-refractivity contribution is 0.335. The van der Waals surface area contributed by atoms with Crippen molar-refractivity contribution in [2.45, 2.75) is 19.2 Å². The number of nitrogens with one attached hydrogen (secondary N) is 2. The van der Waals surface area contributed by atoms with Crippen LogP contribution in [0.5, 0.6) is 5.75 Å². The van der Waals surface area contributed by atoms with E-state index in [4.69, 9.17) is 15.9 Å². The number of thiol groups is 1. The van der Waals surface area contributed by atoms with E-state index in [1.807, 2.05) is 0 Å². The third-order valence-corrected chi connectivity index (χ3v) is 4.71. The molecule has 0 saturated carbocycles. The summed E-state index contributed by atoms with van der Waals surface area (Å²) in [6.07, 6.45) is 1.53. The van der Waals surface area contributed by atoms with E-state index >= 15 is 0 Å². The van der Waals surface area contributed by atoms with Crippen LogP contribution in [0.4, 0.5) is 20.3 Å². The molecule has 0 aliphatic heterocycles. The molecule has 30 heavy (non-hydrogen) atoms. The van der Waals surface area contributed by atoms with Gasteiger partial charge in [-0.05, 0) is 13.0 Å². The van der Waals surface area contributed by atoms with E-state index in [2.05, 4.69) is 27.9 Å². The fourth-order valence-corrected chi connectivity index (χ4v) is 3.06. The summed E-state index contributed by atoms with van der Waals surface area (Å²) in [5.74, 6) is -0.502. The van der Waals surface area contributed by atoms with Crippen LogP contribution in [-0.4, -0.2) is 22.3 Å². The topological polar surface area (TPSA) is 96.9 Å². The number of hydrogen-bond donors (Lipinski definition) is 4. The van der Waals surface area contributed by atoms with Crippen molar-refractivity contribution < 1.29 is 13.5 Å². The van der Waals surface area contributed by atoms with Crippen molar-refractivity contribution in [3.05, 3.63) is 76.7 Å². The van der Waals surface area contributed by atoms with Crippen molar-refractivity contribution in [3.63, 3.8) is 0 Å². The third kappa shape index (κ3) is 4.68. The summed E-state index contributed by atoms with van der Waals surface area (Å²) in [7, 11) is 0. The maximum Gasteiger partial charge on any atom is 0.180 e. The molecule has 156 valence electrons. The number of nitrogens with two attached hydrogens (primary N) is 1. The van der Waals surface area contributed by atoms with E-state index in [9.17, 15) is 8.78 Å². The molecule has 0 amide bonds. The summed E-state index contributed by atoms with van der Waals surface area (Å²) in [6.45, 7) is 1.93. The normalized spacial score (nSPS) is 10.7. The first-order valence-corrected chi connectivity index (χ1v) is 9.83. The van der Waals surface area contributed by atoms with Gasteiger partial charge in [0, 0.05) is 53.0 Å². The van der Waals surface area contributed by atoms with Gasteiger partial charge in [0.25, 0.3) is 0 Å². The Labute approximate surface area is 178 Å². The van der Waals surface area contributed by atoms with Crippen LogP contribution in [0.15, 0.2) is 42.6 Å². The average Bonchev–Trinajstić information content (AvgIpc) is 2.73. The molecule has 0 spiro atoms. The van der Waals surface area contributed by atoms with E-state index < -0.39 is 11.6 Å². The van der Waals surface area contributed by atoms with Crippen LogP contribution in [0.3, 0.4) is 0 Å². The molecule has 0 atom stereocenters. The van der Waals surface area contributed by atoms with Gasteiger partial charge >= 0.3 is 0 Å². The van der Waals surface area contributed by atoms with Crippen LogP contribution >= 0.6 is 12.6 Å². The number of benzene rings is 2. The van der Waals surface area contributed by atoms with Crippen LogP contribution in [-0.2, 0) is 12.3 Å². The molecule has 3 aromatic rings. The SMILES string of the molecule is CCOc1cc(F)c(CNc2ccccc2C(=N)c2ncc(CS)c(N)n2)c(F)c1. The zero-order chi connectivity index (χ0) is 21.7. The first-order valence-electron chi connectivity index (χ1n) is 9.19. The van der Waals surface area contributed by atoms with Gasteiger partial charge in [-0.15, -0.1) is 0 Å². The Kier molecular flexibility index (Phi) is 6.83. The lowest BCUT2D eigenvalue weighted by atomic mass is 10.1. The number of rotatable bonds is 8. The molecule has 0 unspecified atom stereocenters. The summed E-state index contributed by atoms with van der Waals surface area (Å²) in [4.78, 5) is 8.34. The summed E-state index contributed by atoms with van der Waals surface area (Å²) >= 11 is 4.16. The highest BCUT2D eigenvalue weighted by molar-refractivity contribution is 7.79. The second kappa shape index (κ2) is 9.53. The smallest absolute Gasteiger partial charge is 0.180 e. The van der Waals surface area contributed by atoms with Crippen molar-refractivity contribution in [1.29, 1.82) is 5.41 Å². The Bertz CT molecular complexity index is 1050. The first-order chi connectivity index (χ1) is 14.4. The molecule has 0 aliphatic carbocycles. The van der Waals surface area contributed by atoms with Gasteiger partial charge in [-0.25, -0.2) is 18.7 Å². The predicted molar refractivity (Wildman–Crippen MR) is 116 cm³/mol. The second-order valence-corrected chi connectivity index (χ2v) is 6.65. The molecule has 0 radical (unpaired) electrons. The lowest BCUT2D eigenvalue weighted by Crippen LogP contribution is -2.13. The van der Waals surface area contributed by atoms with Crippen molar-refractivity contribution in [3.8, 4) is 5.75 Å². The van der Waals surface area contributed by atoms with Crippen molar-refractivity contribution in [1.82, 2.24) is 9.97 Å². The van der Waals surface area contributed by atoms with Gasteiger partial charge in [-0.2, -0.15) is 12.6 Å². The number of para-hydroxylation sites is 1. The molecule has 6 nitrogen and oxygen atoms in total. The van der Waals surface area contributed by atoms with Crippen LogP contribution < -0.4 is 15.8 Å². The largest absolute Gasteiger partial charge is 0.494 e. The van der Waals surface area contributed by atoms with E-state index in [1.54, 1.807) is 31.2 Å². The summed E-state index contributed by atoms with van der Waals surface area (Å²) in [5.41, 5.74) is 7.44. The standard InChI is InChI=1S/C21H21F2N5OS/c1-2-29-13-7-16(22)15(17(23)8-13)10-26-18-6-4-3-5-14(18)19(24)21-27-9-12(11-30)20(25)28-21/h3-9,24,26,30H,2,10-11H2,1H3,(H2,25,27,28). The van der Waals surface area contributed by atoms with Crippen molar-refractivity contribution in [2.75, 3.05) is 17.7 Å². The number of hydrogen-bond acceptors (Lipinski definition) is 7. The molecule has 0 aliphatic rings. The molecular weight excluding hydrogens is 408 g/mol. The van der Waals surface area contributed by atoms with Gasteiger partial charge in [-0.3, -0.25) is 5.41 Å². The number of nitrogen functional groups attached to an aromatic ring is 1. The minimum atomic E-state index is -0.711. The zero-order valence-electron chi connectivity index (χ0n) is 16.2. The Morgan fingerprint density at radius 2 is 1.93 bits per heavy atom. The maximum atomic E-state index is 14.3. The van der Waals surface area contributed by atoms with Gasteiger partial charge in [-0.1, -0.05) is 18.2 Å². The molecule has 2 aromatic carbocycles. The Balaban J connectivity index is 1.84. The number of anilines is 2. The van der Waals surface area contributed by atoms with Crippen LogP contribution in [0, 0.1) is 17.0 Å². The second-order valence-electron chi connectivity index (χ2n) is 6.33. The minimum Gasteiger partial charge on any atom is -0.494 e. The third-order valence-electron chi connectivity index (χ3n) is 4.37. The predicted octanol–water partition coefficient (Wildman–Crippen LogP) is 4.19. The average molecular weight is 429 g/mol. The fraction of sp³-hybridized carbons (Fsp3) is 0.190. The zero-order valence-corrected chi connectivity index (χ0v) is 17.1. The summed E-state index contributed by atoms with van der Waals surface area (Å²) in [6, 6.07) is 9.21. The Morgan fingerprint density at radius 1 is 1.23 bits per heavy atom. The number of halogens is 2. The van der Waals surface area contributed by atoms with E-state index in [0.717, 1.165) is 12.1 Å². The van der Waals surface area contributed by atoms with Gasteiger partial charge in [0.15, 0.2) is 5.82 Å². The lowest BCUT2D eigenvalue weighted by Gasteiger charge is -2.14. The van der Waals surface area contributed by atoms with E-state index in [0.29, 0.717) is 29.2 Å². The Morgan fingerprint density at radius 3 is 2.57 bits per heavy atom. The van der Waals surface area contributed by atoms with E-state index in [-0.39, 0.29) is 35.2 Å². The van der Waals surface area contributed by atoms with Crippen molar-refractivity contribution >= 4 is 29.8 Å². The van der Waals surface area contributed by atoms with Gasteiger partial charge in [0.1, 0.15) is 28.9 Å². The molecular formula is C21H21F2N5OS. The van der Waals surface area contributed by atoms with Gasteiger partial charge in [0.2, 0.25) is 0 Å².